The number of halogens is 3. The van der Waals surface area contributed by atoms with Crippen molar-refractivity contribution in [2.45, 2.75) is 44.3 Å². The number of benzene rings is 1. The van der Waals surface area contributed by atoms with Gasteiger partial charge in [-0.3, -0.25) is 4.55 Å². The fourth-order valence-electron chi connectivity index (χ4n) is 2.49. The van der Waals surface area contributed by atoms with Gasteiger partial charge in [0.1, 0.15) is 0 Å². The highest BCUT2D eigenvalue weighted by molar-refractivity contribution is 7.85. The van der Waals surface area contributed by atoms with Crippen LogP contribution in [0.4, 0.5) is 13.2 Å². The van der Waals surface area contributed by atoms with Crippen LogP contribution in [0.1, 0.15) is 42.9 Å². The van der Waals surface area contributed by atoms with Gasteiger partial charge in [-0.05, 0) is 43.4 Å². The van der Waals surface area contributed by atoms with Crippen molar-refractivity contribution in [1.29, 1.82) is 0 Å². The van der Waals surface area contributed by atoms with E-state index < -0.39 is 40.0 Å². The second kappa shape index (κ2) is 7.81. The second-order valence-electron chi connectivity index (χ2n) is 5.62. The maximum atomic E-state index is 12.9. The van der Waals surface area contributed by atoms with Gasteiger partial charge in [-0.2, -0.15) is 21.6 Å². The highest BCUT2D eigenvalue weighted by Crippen LogP contribution is 2.33. The Labute approximate surface area is 138 Å². The third kappa shape index (κ3) is 6.04. The summed E-state index contributed by atoms with van der Waals surface area (Å²) >= 11 is 0. The molecule has 1 N–H and O–H groups in total. The van der Waals surface area contributed by atoms with Crippen LogP contribution in [0.15, 0.2) is 24.3 Å². The van der Waals surface area contributed by atoms with E-state index in [1.165, 1.54) is 12.1 Å². The van der Waals surface area contributed by atoms with Gasteiger partial charge in [0, 0.05) is 6.61 Å². The van der Waals surface area contributed by atoms with Crippen LogP contribution >= 0.6 is 0 Å². The lowest BCUT2D eigenvalue weighted by Gasteiger charge is -2.28. The number of hydrogen-bond acceptors (Lipinski definition) is 4. The van der Waals surface area contributed by atoms with Gasteiger partial charge in [0.2, 0.25) is 0 Å². The normalized spacial score (nSPS) is 20.8. The average Bonchev–Trinajstić information content (AvgIpc) is 2.51. The molecule has 0 aliphatic carbocycles. The summed E-state index contributed by atoms with van der Waals surface area (Å²) < 4.78 is 80.5. The first kappa shape index (κ1) is 19.2. The molecule has 2 atom stereocenters. The van der Waals surface area contributed by atoms with Gasteiger partial charge in [0.25, 0.3) is 10.1 Å². The van der Waals surface area contributed by atoms with E-state index in [0.29, 0.717) is 13.0 Å². The molecule has 1 fully saturated rings. The standard InChI is InChI=1S/C15H19F3O5S/c16-15(17,18)12-5-3-4-11(10-12)13(7-9-24(19,20)21)23-14-6-1-2-8-22-14/h3-5,10,13-14H,1-2,6-9H2,(H,19,20,21). The SMILES string of the molecule is O=S(=O)(O)CCC(OC1CCCCO1)c1cccc(C(F)(F)F)c1. The van der Waals surface area contributed by atoms with E-state index in [2.05, 4.69) is 0 Å². The largest absolute Gasteiger partial charge is 0.416 e. The molecule has 0 radical (unpaired) electrons. The predicted molar refractivity (Wildman–Crippen MR) is 79.9 cm³/mol. The molecule has 0 aromatic heterocycles. The minimum absolute atomic E-state index is 0.167. The van der Waals surface area contributed by atoms with Gasteiger partial charge in [0.05, 0.1) is 17.4 Å². The molecular formula is C15H19F3O5S. The van der Waals surface area contributed by atoms with Crippen LogP contribution in [-0.2, 0) is 25.8 Å². The highest BCUT2D eigenvalue weighted by Gasteiger charge is 2.31. The van der Waals surface area contributed by atoms with E-state index in [0.717, 1.165) is 25.0 Å². The molecule has 1 aromatic rings. The smallest absolute Gasteiger partial charge is 0.353 e. The van der Waals surface area contributed by atoms with Crippen molar-refractivity contribution >= 4 is 10.1 Å². The van der Waals surface area contributed by atoms with E-state index in [1.807, 2.05) is 0 Å². The van der Waals surface area contributed by atoms with E-state index in [-0.39, 0.29) is 12.0 Å². The van der Waals surface area contributed by atoms with Gasteiger partial charge in [-0.15, -0.1) is 0 Å². The van der Waals surface area contributed by atoms with E-state index in [1.54, 1.807) is 0 Å². The second-order valence-corrected chi connectivity index (χ2v) is 7.19. The molecule has 1 aliphatic rings. The van der Waals surface area contributed by atoms with Gasteiger partial charge in [-0.25, -0.2) is 0 Å². The predicted octanol–water partition coefficient (Wildman–Crippen LogP) is 3.57. The molecule has 24 heavy (non-hydrogen) atoms. The molecule has 1 aromatic carbocycles. The summed E-state index contributed by atoms with van der Waals surface area (Å²) in [5.41, 5.74) is -0.646. The van der Waals surface area contributed by atoms with Crippen molar-refractivity contribution in [3.05, 3.63) is 35.4 Å². The molecule has 1 aliphatic heterocycles. The first-order valence-corrected chi connectivity index (χ1v) is 9.15. The summed E-state index contributed by atoms with van der Waals surface area (Å²) in [6.07, 6.45) is -3.87. The van der Waals surface area contributed by atoms with Crippen LogP contribution in [0.25, 0.3) is 0 Å². The third-order valence-corrected chi connectivity index (χ3v) is 4.43. The first-order chi connectivity index (χ1) is 11.1. The summed E-state index contributed by atoms with van der Waals surface area (Å²) in [5, 5.41) is 0. The summed E-state index contributed by atoms with van der Waals surface area (Å²) in [6, 6.07) is 4.54. The summed E-state index contributed by atoms with van der Waals surface area (Å²) in [7, 11) is -4.25. The minimum atomic E-state index is -4.51. The third-order valence-electron chi connectivity index (χ3n) is 3.68. The Morgan fingerprint density at radius 2 is 2.08 bits per heavy atom. The molecule has 136 valence electrons. The van der Waals surface area contributed by atoms with Crippen molar-refractivity contribution in [2.24, 2.45) is 0 Å². The fourth-order valence-corrected chi connectivity index (χ4v) is 3.00. The van der Waals surface area contributed by atoms with Crippen LogP contribution in [0.3, 0.4) is 0 Å². The van der Waals surface area contributed by atoms with Crippen LogP contribution in [0.2, 0.25) is 0 Å². The summed E-state index contributed by atoms with van der Waals surface area (Å²) in [5.74, 6) is -0.610. The van der Waals surface area contributed by atoms with Crippen LogP contribution in [0, 0.1) is 0 Å². The molecule has 0 amide bonds. The fraction of sp³-hybridized carbons (Fsp3) is 0.600. The van der Waals surface area contributed by atoms with Crippen molar-refractivity contribution in [1.82, 2.24) is 0 Å². The Balaban J connectivity index is 2.20. The molecular weight excluding hydrogens is 349 g/mol. The van der Waals surface area contributed by atoms with Gasteiger partial charge in [-0.1, -0.05) is 12.1 Å². The summed E-state index contributed by atoms with van der Waals surface area (Å²) in [6.45, 7) is 0.484. The topological polar surface area (TPSA) is 72.8 Å². The zero-order chi connectivity index (χ0) is 17.8. The molecule has 2 unspecified atom stereocenters. The van der Waals surface area contributed by atoms with Crippen LogP contribution in [-0.4, -0.2) is 31.6 Å². The van der Waals surface area contributed by atoms with Crippen LogP contribution in [0.5, 0.6) is 0 Å². The van der Waals surface area contributed by atoms with Gasteiger partial charge in [0.15, 0.2) is 6.29 Å². The van der Waals surface area contributed by atoms with Gasteiger partial charge < -0.3 is 9.47 Å². The average molecular weight is 368 g/mol. The van der Waals surface area contributed by atoms with Crippen molar-refractivity contribution < 1.29 is 35.6 Å². The molecule has 0 bridgehead atoms. The monoisotopic (exact) mass is 368 g/mol. The Hall–Kier alpha value is -1.16. The number of rotatable bonds is 6. The molecule has 0 spiro atoms. The lowest BCUT2D eigenvalue weighted by Crippen LogP contribution is -2.25. The molecule has 9 heteroatoms. The van der Waals surface area contributed by atoms with Gasteiger partial charge >= 0.3 is 6.18 Å². The Kier molecular flexibility index (Phi) is 6.24. The number of alkyl halides is 3. The van der Waals surface area contributed by atoms with Crippen LogP contribution < -0.4 is 0 Å². The molecule has 5 nitrogen and oxygen atoms in total. The first-order valence-electron chi connectivity index (χ1n) is 7.54. The van der Waals surface area contributed by atoms with E-state index >= 15 is 0 Å². The minimum Gasteiger partial charge on any atom is -0.353 e. The zero-order valence-corrected chi connectivity index (χ0v) is 13.6. The Morgan fingerprint density at radius 1 is 1.33 bits per heavy atom. The van der Waals surface area contributed by atoms with Crippen molar-refractivity contribution in [2.75, 3.05) is 12.4 Å². The molecule has 1 heterocycles. The molecule has 2 rings (SSSR count). The quantitative estimate of drug-likeness (QED) is 0.777. The lowest BCUT2D eigenvalue weighted by atomic mass is 10.0. The molecule has 1 saturated heterocycles. The van der Waals surface area contributed by atoms with Crippen molar-refractivity contribution in [3.63, 3.8) is 0 Å². The van der Waals surface area contributed by atoms with E-state index in [4.69, 9.17) is 14.0 Å². The Bertz CT molecular complexity index is 639. The molecule has 0 saturated carbocycles. The number of hydrogen-bond donors (Lipinski definition) is 1. The zero-order valence-electron chi connectivity index (χ0n) is 12.8. The van der Waals surface area contributed by atoms with E-state index in [9.17, 15) is 21.6 Å². The highest BCUT2D eigenvalue weighted by atomic mass is 32.2. The summed E-state index contributed by atoms with van der Waals surface area (Å²) in [4.78, 5) is 0. The Morgan fingerprint density at radius 3 is 2.67 bits per heavy atom. The maximum absolute atomic E-state index is 12.9. The maximum Gasteiger partial charge on any atom is 0.416 e. The lowest BCUT2D eigenvalue weighted by molar-refractivity contribution is -0.190. The number of ether oxygens (including phenoxy) is 2. The van der Waals surface area contributed by atoms with Crippen molar-refractivity contribution in [3.8, 4) is 0 Å².